The minimum Gasteiger partial charge on any atom is -0.543 e. The van der Waals surface area contributed by atoms with Crippen LogP contribution in [0.2, 0.25) is 0 Å². The van der Waals surface area contributed by atoms with Gasteiger partial charge in [0.1, 0.15) is 0 Å². The summed E-state index contributed by atoms with van der Waals surface area (Å²) in [6.07, 6.45) is 0. The third-order valence-electron chi connectivity index (χ3n) is 0.167. The minimum atomic E-state index is -2.19. The van der Waals surface area contributed by atoms with Crippen LogP contribution in [0.25, 0.3) is 0 Å². The monoisotopic (exact) mass is 139 g/mol. The van der Waals surface area contributed by atoms with Gasteiger partial charge in [-0.25, -0.2) is 0 Å². The molecule has 0 aliphatic carbocycles. The van der Waals surface area contributed by atoms with E-state index < -0.39 is 11.9 Å². The van der Waals surface area contributed by atoms with Gasteiger partial charge in [-0.1, -0.05) is 0 Å². The van der Waals surface area contributed by atoms with Gasteiger partial charge in [-0.3, -0.25) is 0 Å². The van der Waals surface area contributed by atoms with Crippen LogP contribution in [0, 0.1) is 0 Å². The van der Waals surface area contributed by atoms with Crippen molar-refractivity contribution in [2.24, 2.45) is 0 Å². The van der Waals surface area contributed by atoms with Crippen LogP contribution >= 0.6 is 0 Å². The number of hydrogen-bond acceptors (Lipinski definition) is 4. The van der Waals surface area contributed by atoms with Crippen LogP contribution in [0.3, 0.4) is 0 Å². The summed E-state index contributed by atoms with van der Waals surface area (Å²) in [5.41, 5.74) is 0. The summed E-state index contributed by atoms with van der Waals surface area (Å²) in [7, 11) is 0. The van der Waals surface area contributed by atoms with Gasteiger partial charge in [-0.15, -0.1) is 0 Å². The van der Waals surface area contributed by atoms with Gasteiger partial charge >= 0.3 is 37.7 Å². The molecule has 0 fully saturated rings. The number of carbonyl (C=O) groups excluding carboxylic acids is 2. The fraction of sp³-hybridized carbons (Fsp3) is 0. The molecule has 0 aliphatic heterocycles. The summed E-state index contributed by atoms with van der Waals surface area (Å²) in [4.78, 5) is 17.9. The average molecular weight is 139 g/mol. The van der Waals surface area contributed by atoms with E-state index in [1.54, 1.807) is 0 Å². The maximum Gasteiger partial charge on any atom is 2.00 e. The SMILES string of the molecule is O=C([O-])C(=O)[O-].[B].[Ca+2]. The first-order valence-electron chi connectivity index (χ1n) is 1.07. The molecule has 0 saturated heterocycles. The van der Waals surface area contributed by atoms with Crippen LogP contribution < -0.4 is 10.2 Å². The Morgan fingerprint density at radius 3 is 1.12 bits per heavy atom. The summed E-state index contributed by atoms with van der Waals surface area (Å²) in [6.45, 7) is 0. The van der Waals surface area contributed by atoms with Crippen LogP contribution in [0.4, 0.5) is 0 Å². The van der Waals surface area contributed by atoms with Crippen molar-refractivity contribution in [2.75, 3.05) is 0 Å². The molecule has 0 aromatic carbocycles. The normalized spacial score (nSPS) is 5.50. The first-order chi connectivity index (χ1) is 2.64. The topological polar surface area (TPSA) is 80.3 Å². The van der Waals surface area contributed by atoms with Crippen molar-refractivity contribution in [1.82, 2.24) is 0 Å². The fourth-order valence-corrected chi connectivity index (χ4v) is 0. The van der Waals surface area contributed by atoms with E-state index in [-0.39, 0.29) is 46.2 Å². The number of aliphatic carboxylic acids is 2. The maximum absolute atomic E-state index is 8.93. The molecule has 0 amide bonds. The van der Waals surface area contributed by atoms with Crippen molar-refractivity contribution in [3.63, 3.8) is 0 Å². The Bertz CT molecular complexity index is 80.0. The molecular formula is C2BCaO4. The number of carboxylic acids is 2. The van der Waals surface area contributed by atoms with Crippen LogP contribution in [-0.2, 0) is 9.59 Å². The molecule has 6 heteroatoms. The Morgan fingerprint density at radius 1 is 1.00 bits per heavy atom. The Balaban J connectivity index is -0.000000125. The zero-order valence-electron chi connectivity index (χ0n) is 3.92. The van der Waals surface area contributed by atoms with Crippen molar-refractivity contribution < 1.29 is 19.8 Å². The second-order valence-corrected chi connectivity index (χ2v) is 0.575. The van der Waals surface area contributed by atoms with E-state index in [0.717, 1.165) is 0 Å². The zero-order chi connectivity index (χ0) is 5.15. The summed E-state index contributed by atoms with van der Waals surface area (Å²) < 4.78 is 0. The molecule has 0 spiro atoms. The average Bonchev–Trinajstić information content (AvgIpc) is 1.36. The van der Waals surface area contributed by atoms with Crippen molar-refractivity contribution in [3.05, 3.63) is 0 Å². The Labute approximate surface area is 77.5 Å². The Hall–Kier alpha value is 0.265. The second kappa shape index (κ2) is 7.26. The fourth-order valence-electron chi connectivity index (χ4n) is 0. The van der Waals surface area contributed by atoms with Crippen LogP contribution in [0.5, 0.6) is 0 Å². The summed E-state index contributed by atoms with van der Waals surface area (Å²) in [5, 5.41) is 17.9. The van der Waals surface area contributed by atoms with Gasteiger partial charge in [0, 0.05) is 8.41 Å². The van der Waals surface area contributed by atoms with Crippen molar-refractivity contribution >= 4 is 58.1 Å². The Kier molecular flexibility index (Phi) is 14.3. The molecule has 0 N–H and O–H groups in total. The molecule has 0 unspecified atom stereocenters. The number of hydrogen-bond donors (Lipinski definition) is 0. The van der Waals surface area contributed by atoms with Gasteiger partial charge in [0.05, 0.1) is 11.9 Å². The van der Waals surface area contributed by atoms with Gasteiger partial charge in [0.25, 0.3) is 0 Å². The molecule has 0 aromatic rings. The van der Waals surface area contributed by atoms with Gasteiger partial charge < -0.3 is 19.8 Å². The van der Waals surface area contributed by atoms with E-state index in [9.17, 15) is 0 Å². The first-order valence-corrected chi connectivity index (χ1v) is 1.07. The smallest absolute Gasteiger partial charge is 0.543 e. The van der Waals surface area contributed by atoms with E-state index in [2.05, 4.69) is 0 Å². The molecule has 0 aromatic heterocycles. The molecule has 37 valence electrons. The second-order valence-electron chi connectivity index (χ2n) is 0.575. The molecular weight excluding hydrogens is 139 g/mol. The molecule has 0 atom stereocenters. The first kappa shape index (κ1) is 15.7. The summed E-state index contributed by atoms with van der Waals surface area (Å²) in [6, 6.07) is 0. The molecule has 0 rings (SSSR count). The van der Waals surface area contributed by atoms with Crippen LogP contribution in [-0.4, -0.2) is 58.1 Å². The Morgan fingerprint density at radius 2 is 1.12 bits per heavy atom. The number of rotatable bonds is 0. The van der Waals surface area contributed by atoms with Crippen molar-refractivity contribution in [1.29, 1.82) is 0 Å². The number of carboxylic acid groups (broad SMARTS) is 2. The van der Waals surface area contributed by atoms with E-state index in [1.807, 2.05) is 0 Å². The molecule has 0 heterocycles. The minimum absolute atomic E-state index is 0. The quantitative estimate of drug-likeness (QED) is 0.251. The van der Waals surface area contributed by atoms with Crippen molar-refractivity contribution in [3.8, 4) is 0 Å². The third-order valence-corrected chi connectivity index (χ3v) is 0.167. The van der Waals surface area contributed by atoms with Crippen molar-refractivity contribution in [2.45, 2.75) is 0 Å². The molecule has 0 saturated carbocycles. The summed E-state index contributed by atoms with van der Waals surface area (Å²) in [5.74, 6) is -4.37. The standard InChI is InChI=1S/C2H2O4.B.Ca/c3-1(4)2(5)6;;/h(H,3,4)(H,5,6);;/q;;+2/p-2. The molecule has 0 bridgehead atoms. The third kappa shape index (κ3) is 9.55. The predicted molar refractivity (Wildman–Crippen MR) is 21.5 cm³/mol. The molecule has 0 aliphatic rings. The molecule has 4 nitrogen and oxygen atoms in total. The van der Waals surface area contributed by atoms with Crippen LogP contribution in [0.1, 0.15) is 0 Å². The molecule has 3 radical (unpaired) electrons. The van der Waals surface area contributed by atoms with Gasteiger partial charge in [0.15, 0.2) is 0 Å². The number of carbonyl (C=O) groups is 2. The van der Waals surface area contributed by atoms with E-state index in [1.165, 1.54) is 0 Å². The van der Waals surface area contributed by atoms with E-state index >= 15 is 0 Å². The largest absolute Gasteiger partial charge is 2.00 e. The zero-order valence-corrected chi connectivity index (χ0v) is 6.13. The molecule has 8 heavy (non-hydrogen) atoms. The predicted octanol–water partition coefficient (Wildman–Crippen LogP) is -4.28. The van der Waals surface area contributed by atoms with Gasteiger partial charge in [-0.05, 0) is 0 Å². The van der Waals surface area contributed by atoms with Gasteiger partial charge in [0.2, 0.25) is 0 Å². The van der Waals surface area contributed by atoms with Crippen LogP contribution in [0.15, 0.2) is 0 Å². The summed E-state index contributed by atoms with van der Waals surface area (Å²) >= 11 is 0. The van der Waals surface area contributed by atoms with E-state index in [0.29, 0.717) is 0 Å². The maximum atomic E-state index is 8.93. The van der Waals surface area contributed by atoms with E-state index in [4.69, 9.17) is 19.8 Å². The van der Waals surface area contributed by atoms with Gasteiger partial charge in [-0.2, -0.15) is 0 Å².